The van der Waals surface area contributed by atoms with Crippen LogP contribution >= 0.6 is 11.6 Å². The number of hydrogen-bond acceptors (Lipinski definition) is 3. The molecule has 126 valence electrons. The van der Waals surface area contributed by atoms with Crippen LogP contribution in [0.5, 0.6) is 0 Å². The van der Waals surface area contributed by atoms with Gasteiger partial charge in [-0.2, -0.15) is 0 Å². The van der Waals surface area contributed by atoms with Crippen molar-refractivity contribution in [2.24, 2.45) is 0 Å². The fraction of sp³-hybridized carbons (Fsp3) is 0.316. The minimum atomic E-state index is -0.892. The minimum absolute atomic E-state index is 0.296. The van der Waals surface area contributed by atoms with Gasteiger partial charge in [-0.25, -0.2) is 4.79 Å². The number of nitrogens with zero attached hydrogens (tertiary/aromatic N) is 1. The Hall–Kier alpha value is -1.88. The molecular weight excluding hydrogens is 324 g/mol. The third-order valence-corrected chi connectivity index (χ3v) is 4.85. The first-order valence-electron chi connectivity index (χ1n) is 8.06. The summed E-state index contributed by atoms with van der Waals surface area (Å²) in [6.45, 7) is 1.68. The maximum absolute atomic E-state index is 11.1. The molecule has 0 bridgehead atoms. The molecular formula is C19H21ClN2O2. The standard InChI is InChI=1S/C19H21ClN2O2/c1-22-10-9-17(18(22)14-5-7-16(20)8-6-14)21-12-13-3-2-4-15(11-13)19(23)24/h2-8,11,17-18,21H,9-10,12H2,1H3,(H,23,24). The molecule has 1 saturated heterocycles. The van der Waals surface area contributed by atoms with E-state index in [2.05, 4.69) is 29.4 Å². The van der Waals surface area contributed by atoms with Crippen molar-refractivity contribution in [1.29, 1.82) is 0 Å². The molecule has 0 aliphatic carbocycles. The highest BCUT2D eigenvalue weighted by Crippen LogP contribution is 2.31. The second-order valence-corrected chi connectivity index (χ2v) is 6.70. The number of likely N-dealkylation sites (tertiary alicyclic amines) is 1. The molecule has 1 aliphatic heterocycles. The Morgan fingerprint density at radius 3 is 2.75 bits per heavy atom. The highest BCUT2D eigenvalue weighted by atomic mass is 35.5. The highest BCUT2D eigenvalue weighted by molar-refractivity contribution is 6.30. The Morgan fingerprint density at radius 2 is 2.04 bits per heavy atom. The maximum Gasteiger partial charge on any atom is 0.335 e. The molecule has 2 aromatic rings. The normalized spacial score (nSPS) is 21.1. The molecule has 0 aromatic heterocycles. The predicted molar refractivity (Wildman–Crippen MR) is 95.5 cm³/mol. The van der Waals surface area contributed by atoms with Gasteiger partial charge in [0.25, 0.3) is 0 Å². The van der Waals surface area contributed by atoms with Crippen LogP contribution in [0, 0.1) is 0 Å². The molecule has 0 radical (unpaired) electrons. The summed E-state index contributed by atoms with van der Waals surface area (Å²) < 4.78 is 0. The van der Waals surface area contributed by atoms with E-state index in [1.54, 1.807) is 18.2 Å². The summed E-state index contributed by atoms with van der Waals surface area (Å²) in [5.74, 6) is -0.892. The number of halogens is 1. The average molecular weight is 345 g/mol. The molecule has 24 heavy (non-hydrogen) atoms. The van der Waals surface area contributed by atoms with Gasteiger partial charge in [-0.3, -0.25) is 4.90 Å². The van der Waals surface area contributed by atoms with Gasteiger partial charge in [0.05, 0.1) is 5.56 Å². The lowest BCUT2D eigenvalue weighted by molar-refractivity contribution is 0.0696. The summed E-state index contributed by atoms with van der Waals surface area (Å²) in [5, 5.41) is 13.4. The van der Waals surface area contributed by atoms with Crippen LogP contribution in [-0.4, -0.2) is 35.6 Å². The Labute approximate surface area is 147 Å². The van der Waals surface area contributed by atoms with E-state index in [0.717, 1.165) is 23.6 Å². The first-order valence-corrected chi connectivity index (χ1v) is 8.44. The maximum atomic E-state index is 11.1. The number of aromatic carboxylic acids is 1. The first kappa shape index (κ1) is 17.0. The van der Waals surface area contributed by atoms with Crippen LogP contribution < -0.4 is 5.32 Å². The van der Waals surface area contributed by atoms with Crippen LogP contribution in [0.25, 0.3) is 0 Å². The van der Waals surface area contributed by atoms with Crippen molar-refractivity contribution in [1.82, 2.24) is 10.2 Å². The molecule has 2 aromatic carbocycles. The molecule has 1 aliphatic rings. The van der Waals surface area contributed by atoms with Crippen LogP contribution in [0.15, 0.2) is 48.5 Å². The predicted octanol–water partition coefficient (Wildman–Crippen LogP) is 3.57. The second kappa shape index (κ2) is 7.34. The average Bonchev–Trinajstić information content (AvgIpc) is 2.95. The topological polar surface area (TPSA) is 52.6 Å². The van der Waals surface area contributed by atoms with Gasteiger partial charge in [-0.05, 0) is 48.9 Å². The zero-order chi connectivity index (χ0) is 17.1. The summed E-state index contributed by atoms with van der Waals surface area (Å²) in [6, 6.07) is 15.7. The molecule has 2 N–H and O–H groups in total. The van der Waals surface area contributed by atoms with Crippen molar-refractivity contribution in [2.75, 3.05) is 13.6 Å². The molecule has 2 atom stereocenters. The number of carboxylic acids is 1. The Bertz CT molecular complexity index is 718. The van der Waals surface area contributed by atoms with Crippen LogP contribution in [0.1, 0.15) is 33.9 Å². The first-order chi connectivity index (χ1) is 11.5. The van der Waals surface area contributed by atoms with Gasteiger partial charge in [0.15, 0.2) is 0 Å². The molecule has 1 fully saturated rings. The zero-order valence-corrected chi connectivity index (χ0v) is 14.3. The van der Waals surface area contributed by atoms with E-state index in [9.17, 15) is 4.79 Å². The number of rotatable bonds is 5. The van der Waals surface area contributed by atoms with Crippen molar-refractivity contribution in [2.45, 2.75) is 25.0 Å². The van der Waals surface area contributed by atoms with Crippen molar-refractivity contribution >= 4 is 17.6 Å². The van der Waals surface area contributed by atoms with Gasteiger partial charge in [0, 0.05) is 30.2 Å². The molecule has 0 saturated carbocycles. The van der Waals surface area contributed by atoms with Crippen molar-refractivity contribution in [3.63, 3.8) is 0 Å². The number of carboxylic acid groups (broad SMARTS) is 1. The van der Waals surface area contributed by atoms with Crippen molar-refractivity contribution in [3.05, 3.63) is 70.2 Å². The summed E-state index contributed by atoms with van der Waals surface area (Å²) in [6.07, 6.45) is 1.06. The summed E-state index contributed by atoms with van der Waals surface area (Å²) >= 11 is 6.00. The van der Waals surface area contributed by atoms with Crippen LogP contribution in [0.2, 0.25) is 5.02 Å². The van der Waals surface area contributed by atoms with Crippen LogP contribution in [-0.2, 0) is 6.54 Å². The largest absolute Gasteiger partial charge is 0.478 e. The Kier molecular flexibility index (Phi) is 5.19. The zero-order valence-electron chi connectivity index (χ0n) is 13.6. The van der Waals surface area contributed by atoms with Crippen molar-refractivity contribution < 1.29 is 9.90 Å². The molecule has 5 heteroatoms. The van der Waals surface area contributed by atoms with Gasteiger partial charge >= 0.3 is 5.97 Å². The summed E-state index contributed by atoms with van der Waals surface area (Å²) in [5.41, 5.74) is 2.56. The van der Waals surface area contributed by atoms with Gasteiger partial charge in [0.2, 0.25) is 0 Å². The fourth-order valence-corrected chi connectivity index (χ4v) is 3.50. The van der Waals surface area contributed by atoms with Crippen molar-refractivity contribution in [3.8, 4) is 0 Å². The fourth-order valence-electron chi connectivity index (χ4n) is 3.37. The number of carbonyl (C=O) groups is 1. The molecule has 1 heterocycles. The number of likely N-dealkylation sites (N-methyl/N-ethyl adjacent to an activating group) is 1. The number of nitrogens with one attached hydrogen (secondary N) is 1. The Morgan fingerprint density at radius 1 is 1.29 bits per heavy atom. The third-order valence-electron chi connectivity index (χ3n) is 4.60. The smallest absolute Gasteiger partial charge is 0.335 e. The molecule has 3 rings (SSSR count). The van der Waals surface area contributed by atoms with E-state index in [4.69, 9.17) is 16.7 Å². The third kappa shape index (κ3) is 3.78. The van der Waals surface area contributed by atoms with E-state index < -0.39 is 5.97 Å². The number of hydrogen-bond donors (Lipinski definition) is 2. The van der Waals surface area contributed by atoms with E-state index in [1.807, 2.05) is 18.2 Å². The lowest BCUT2D eigenvalue weighted by atomic mass is 10.00. The molecule has 2 unspecified atom stereocenters. The minimum Gasteiger partial charge on any atom is -0.478 e. The second-order valence-electron chi connectivity index (χ2n) is 6.26. The Balaban J connectivity index is 1.70. The van der Waals surface area contributed by atoms with Gasteiger partial charge in [0.1, 0.15) is 0 Å². The van der Waals surface area contributed by atoms with Crippen LogP contribution in [0.3, 0.4) is 0 Å². The van der Waals surface area contributed by atoms with E-state index in [-0.39, 0.29) is 0 Å². The summed E-state index contributed by atoms with van der Waals surface area (Å²) in [4.78, 5) is 13.4. The molecule has 4 nitrogen and oxygen atoms in total. The van der Waals surface area contributed by atoms with Gasteiger partial charge in [-0.15, -0.1) is 0 Å². The van der Waals surface area contributed by atoms with E-state index in [0.29, 0.717) is 24.2 Å². The molecule has 0 spiro atoms. The van der Waals surface area contributed by atoms with Gasteiger partial charge in [-0.1, -0.05) is 35.9 Å². The van der Waals surface area contributed by atoms with Gasteiger partial charge < -0.3 is 10.4 Å². The monoisotopic (exact) mass is 344 g/mol. The molecule has 0 amide bonds. The van der Waals surface area contributed by atoms with Crippen LogP contribution in [0.4, 0.5) is 0 Å². The quantitative estimate of drug-likeness (QED) is 0.870. The van der Waals surface area contributed by atoms with E-state index in [1.165, 1.54) is 5.56 Å². The highest BCUT2D eigenvalue weighted by Gasteiger charge is 2.32. The lowest BCUT2D eigenvalue weighted by Crippen LogP contribution is -2.34. The summed E-state index contributed by atoms with van der Waals surface area (Å²) in [7, 11) is 2.13. The number of benzene rings is 2. The lowest BCUT2D eigenvalue weighted by Gasteiger charge is -2.26. The SMILES string of the molecule is CN1CCC(NCc2cccc(C(=O)O)c2)C1c1ccc(Cl)cc1. The van der Waals surface area contributed by atoms with E-state index >= 15 is 0 Å².